The lowest BCUT2D eigenvalue weighted by Crippen LogP contribution is -2.48. The summed E-state index contributed by atoms with van der Waals surface area (Å²) in [6.07, 6.45) is 3.28. The fourth-order valence-electron chi connectivity index (χ4n) is 5.17. The number of fused-ring (bicyclic) bond motifs is 1. The predicted octanol–water partition coefficient (Wildman–Crippen LogP) is 5.40. The first-order chi connectivity index (χ1) is 16.3. The fraction of sp³-hybridized carbons (Fsp3) is 0.654. The number of benzene rings is 1. The summed E-state index contributed by atoms with van der Waals surface area (Å²) in [5, 5.41) is 2.92. The summed E-state index contributed by atoms with van der Waals surface area (Å²) in [7, 11) is 1.24. The van der Waals surface area contributed by atoms with E-state index < -0.39 is 34.8 Å². The van der Waals surface area contributed by atoms with E-state index in [1.54, 1.807) is 13.8 Å². The van der Waals surface area contributed by atoms with Crippen LogP contribution in [-0.2, 0) is 15.0 Å². The van der Waals surface area contributed by atoms with E-state index in [-0.39, 0.29) is 34.6 Å². The number of esters is 1. The highest BCUT2D eigenvalue weighted by atomic mass is 19.1. The number of amides is 1. The molecule has 2 saturated carbocycles. The quantitative estimate of drug-likeness (QED) is 0.451. The molecular formula is C26H33FN2O6. The van der Waals surface area contributed by atoms with Crippen molar-refractivity contribution in [2.45, 2.75) is 96.1 Å². The van der Waals surface area contributed by atoms with E-state index in [2.05, 4.69) is 10.2 Å². The van der Waals surface area contributed by atoms with Crippen molar-refractivity contribution in [3.63, 3.8) is 0 Å². The van der Waals surface area contributed by atoms with Gasteiger partial charge in [0.2, 0.25) is 5.75 Å². The molecule has 1 atom stereocenters. The Kier molecular flexibility index (Phi) is 6.15. The van der Waals surface area contributed by atoms with Crippen LogP contribution in [0.2, 0.25) is 0 Å². The van der Waals surface area contributed by atoms with Crippen molar-refractivity contribution in [2.24, 2.45) is 5.92 Å². The maximum Gasteiger partial charge on any atom is 0.407 e. The molecule has 0 aromatic heterocycles. The summed E-state index contributed by atoms with van der Waals surface area (Å²) in [6, 6.07) is -0.0297. The van der Waals surface area contributed by atoms with Gasteiger partial charge in [0.1, 0.15) is 5.60 Å². The molecule has 0 bridgehead atoms. The van der Waals surface area contributed by atoms with Crippen LogP contribution in [0.3, 0.4) is 0 Å². The van der Waals surface area contributed by atoms with Crippen LogP contribution in [-0.4, -0.2) is 36.6 Å². The van der Waals surface area contributed by atoms with Crippen LogP contribution in [0.15, 0.2) is 0 Å². The summed E-state index contributed by atoms with van der Waals surface area (Å²) in [4.78, 5) is 28.4. The Balaban J connectivity index is 1.55. The van der Waals surface area contributed by atoms with Gasteiger partial charge in [-0.25, -0.2) is 20.6 Å². The van der Waals surface area contributed by atoms with Gasteiger partial charge in [-0.1, -0.05) is 0 Å². The molecule has 1 unspecified atom stereocenters. The molecule has 1 aliphatic heterocycles. The van der Waals surface area contributed by atoms with Crippen LogP contribution in [0, 0.1) is 25.2 Å². The number of carbonyl (C=O) groups excluding carboxylic acids is 2. The second-order valence-electron chi connectivity index (χ2n) is 10.9. The molecule has 0 radical (unpaired) electrons. The van der Waals surface area contributed by atoms with Gasteiger partial charge < -0.3 is 29.1 Å². The zero-order valence-electron chi connectivity index (χ0n) is 21.2. The van der Waals surface area contributed by atoms with Gasteiger partial charge in [-0.3, -0.25) is 0 Å². The molecule has 1 aromatic carbocycles. The maximum absolute atomic E-state index is 15.9. The fourth-order valence-corrected chi connectivity index (χ4v) is 5.17. The smallest absolute Gasteiger partial charge is 0.407 e. The van der Waals surface area contributed by atoms with Crippen molar-refractivity contribution >= 4 is 12.1 Å². The van der Waals surface area contributed by atoms with Crippen molar-refractivity contribution in [1.82, 2.24) is 5.32 Å². The average Bonchev–Trinajstić information content (AvgIpc) is 3.49. The molecule has 0 spiro atoms. The average molecular weight is 489 g/mol. The lowest BCUT2D eigenvalue weighted by atomic mass is 9.81. The van der Waals surface area contributed by atoms with E-state index >= 15 is 4.39 Å². The standard InChI is InChI=1S/C26H33FN2O6/c1-14-17(22(30)32-7)18(26(28-6)12-13-26)19(27)21-20(14)33-25(5,34-21)15-8-10-16(11-9-15)29-23(31)35-24(2,3)4/h15-16H,8-13H2,1-5,7H3,(H,29,31). The molecule has 4 rings (SSSR count). The van der Waals surface area contributed by atoms with E-state index in [0.29, 0.717) is 44.1 Å². The summed E-state index contributed by atoms with van der Waals surface area (Å²) < 4.78 is 38.5. The van der Waals surface area contributed by atoms with Crippen LogP contribution >= 0.6 is 0 Å². The summed E-state index contributed by atoms with van der Waals surface area (Å²) in [6.45, 7) is 16.5. The van der Waals surface area contributed by atoms with Gasteiger partial charge in [0, 0.05) is 37.3 Å². The van der Waals surface area contributed by atoms with Crippen LogP contribution in [0.1, 0.15) is 87.7 Å². The number of hydrogen-bond donors (Lipinski definition) is 1. The number of nitrogens with one attached hydrogen (secondary N) is 1. The third-order valence-corrected chi connectivity index (χ3v) is 7.18. The van der Waals surface area contributed by atoms with Crippen LogP contribution < -0.4 is 14.8 Å². The van der Waals surface area contributed by atoms with Gasteiger partial charge in [0.25, 0.3) is 11.3 Å². The molecule has 1 heterocycles. The zero-order valence-corrected chi connectivity index (χ0v) is 21.2. The van der Waals surface area contributed by atoms with Crippen LogP contribution in [0.5, 0.6) is 11.5 Å². The summed E-state index contributed by atoms with van der Waals surface area (Å²) in [5.41, 5.74) is -1.12. The van der Waals surface area contributed by atoms with E-state index in [1.807, 2.05) is 20.8 Å². The minimum atomic E-state index is -1.13. The van der Waals surface area contributed by atoms with Crippen molar-refractivity contribution in [3.8, 4) is 11.5 Å². The van der Waals surface area contributed by atoms with E-state index in [4.69, 9.17) is 25.5 Å². The summed E-state index contributed by atoms with van der Waals surface area (Å²) >= 11 is 0. The summed E-state index contributed by atoms with van der Waals surface area (Å²) in [5.74, 6) is -2.47. The van der Waals surface area contributed by atoms with Gasteiger partial charge in [-0.2, -0.15) is 0 Å². The normalized spacial score (nSPS) is 26.5. The molecule has 8 nitrogen and oxygen atoms in total. The molecule has 1 aromatic rings. The molecule has 1 amide bonds. The number of hydrogen-bond acceptors (Lipinski definition) is 6. The lowest BCUT2D eigenvalue weighted by Gasteiger charge is -2.37. The van der Waals surface area contributed by atoms with Crippen molar-refractivity contribution in [2.75, 3.05) is 7.11 Å². The second kappa shape index (κ2) is 8.58. The van der Waals surface area contributed by atoms with E-state index in [0.717, 1.165) is 0 Å². The first-order valence-electron chi connectivity index (χ1n) is 12.0. The van der Waals surface area contributed by atoms with Gasteiger partial charge in [-0.05, 0) is 53.4 Å². The SMILES string of the molecule is [C-]#[N+]C1(c2c(F)c3c(c(C)c2C(=O)OC)OC(C)(C2CCC(NC(=O)OC(C)(C)C)CC2)O3)CC1. The molecule has 3 aliphatic rings. The maximum atomic E-state index is 15.9. The monoisotopic (exact) mass is 488 g/mol. The molecule has 35 heavy (non-hydrogen) atoms. The molecule has 0 saturated heterocycles. The van der Waals surface area contributed by atoms with Gasteiger partial charge in [0.05, 0.1) is 18.2 Å². The number of methoxy groups -OCH3 is 1. The Bertz CT molecular complexity index is 1090. The molecule has 190 valence electrons. The number of alkyl carbamates (subject to hydrolysis) is 1. The number of rotatable bonds is 4. The van der Waals surface area contributed by atoms with E-state index in [9.17, 15) is 9.59 Å². The molecule has 2 aliphatic carbocycles. The Labute approximate surface area is 205 Å². The highest BCUT2D eigenvalue weighted by molar-refractivity contribution is 5.95. The van der Waals surface area contributed by atoms with Crippen molar-refractivity contribution in [3.05, 3.63) is 33.9 Å². The first-order valence-corrected chi connectivity index (χ1v) is 12.0. The van der Waals surface area contributed by atoms with Crippen LogP contribution in [0.4, 0.5) is 9.18 Å². The van der Waals surface area contributed by atoms with Gasteiger partial charge >= 0.3 is 12.1 Å². The molecule has 9 heteroatoms. The van der Waals surface area contributed by atoms with Gasteiger partial charge in [0.15, 0.2) is 11.6 Å². The Hall–Kier alpha value is -3.02. The lowest BCUT2D eigenvalue weighted by molar-refractivity contribution is -0.122. The van der Waals surface area contributed by atoms with Crippen molar-refractivity contribution in [1.29, 1.82) is 0 Å². The number of halogens is 1. The third kappa shape index (κ3) is 4.51. The predicted molar refractivity (Wildman–Crippen MR) is 125 cm³/mol. The number of carbonyl (C=O) groups is 2. The highest BCUT2D eigenvalue weighted by Crippen LogP contribution is 2.58. The Morgan fingerprint density at radius 2 is 1.74 bits per heavy atom. The largest absolute Gasteiger partial charge is 0.465 e. The molecule has 2 fully saturated rings. The van der Waals surface area contributed by atoms with Crippen molar-refractivity contribution < 1.29 is 32.9 Å². The zero-order chi connectivity index (χ0) is 25.8. The minimum Gasteiger partial charge on any atom is -0.465 e. The Morgan fingerprint density at radius 3 is 2.26 bits per heavy atom. The van der Waals surface area contributed by atoms with Gasteiger partial charge in [-0.15, -0.1) is 0 Å². The van der Waals surface area contributed by atoms with E-state index in [1.165, 1.54) is 7.11 Å². The number of ether oxygens (including phenoxy) is 4. The molecular weight excluding hydrogens is 455 g/mol. The molecule has 1 N–H and O–H groups in total. The highest BCUT2D eigenvalue weighted by Gasteiger charge is 2.59. The number of nitrogens with zero attached hydrogens (tertiary/aromatic N) is 1. The first kappa shape index (κ1) is 25.1. The topological polar surface area (TPSA) is 87.5 Å². The third-order valence-electron chi connectivity index (χ3n) is 7.18. The Morgan fingerprint density at radius 1 is 1.14 bits per heavy atom. The van der Waals surface area contributed by atoms with Crippen LogP contribution in [0.25, 0.3) is 4.85 Å². The minimum absolute atomic E-state index is 0.0297. The second-order valence-corrected chi connectivity index (χ2v) is 10.9.